The second kappa shape index (κ2) is 5.69. The molecule has 3 N–H and O–H groups in total. The quantitative estimate of drug-likeness (QED) is 0.531. The first kappa shape index (κ1) is 14.9. The molecule has 0 saturated carbocycles. The first-order valence-electron chi connectivity index (χ1n) is 4.60. The van der Waals surface area contributed by atoms with Gasteiger partial charge in [-0.3, -0.25) is 19.7 Å². The highest BCUT2D eigenvalue weighted by Gasteiger charge is 2.20. The molecule has 9 nitrogen and oxygen atoms in total. The van der Waals surface area contributed by atoms with Gasteiger partial charge in [-0.05, 0) is 6.07 Å². The molecule has 0 atom stereocenters. The van der Waals surface area contributed by atoms with Gasteiger partial charge in [-0.15, -0.1) is 0 Å². The molecule has 1 amide bonds. The third-order valence-electron chi connectivity index (χ3n) is 1.81. The van der Waals surface area contributed by atoms with E-state index in [1.165, 1.54) is 4.89 Å². The SMILES string of the molecule is NC(=O)CONS(=O)(=O)c1ccc([N+](=O)[O-])c(F)c1. The summed E-state index contributed by atoms with van der Waals surface area (Å²) < 4.78 is 36.3. The van der Waals surface area contributed by atoms with Crippen molar-refractivity contribution in [3.8, 4) is 0 Å². The van der Waals surface area contributed by atoms with Crippen molar-refractivity contribution in [1.82, 2.24) is 4.89 Å². The third kappa shape index (κ3) is 3.94. The Balaban J connectivity index is 2.93. The van der Waals surface area contributed by atoms with Crippen molar-refractivity contribution < 1.29 is 27.4 Å². The number of nitrogens with two attached hydrogens (primary N) is 1. The van der Waals surface area contributed by atoms with E-state index in [2.05, 4.69) is 4.84 Å². The number of halogens is 1. The van der Waals surface area contributed by atoms with E-state index < -0.39 is 43.9 Å². The van der Waals surface area contributed by atoms with Gasteiger partial charge in [-0.1, -0.05) is 4.89 Å². The van der Waals surface area contributed by atoms with E-state index in [0.717, 1.165) is 6.07 Å². The molecule has 19 heavy (non-hydrogen) atoms. The average Bonchev–Trinajstić information content (AvgIpc) is 2.27. The molecule has 0 aliphatic carbocycles. The predicted molar refractivity (Wildman–Crippen MR) is 58.5 cm³/mol. The largest absolute Gasteiger partial charge is 0.368 e. The molecular weight excluding hydrogens is 285 g/mol. The van der Waals surface area contributed by atoms with Crippen molar-refractivity contribution in [3.63, 3.8) is 0 Å². The average molecular weight is 293 g/mol. The number of nitro groups is 1. The molecular formula is C8H8FN3O6S. The Hall–Kier alpha value is -2.11. The molecule has 0 radical (unpaired) electrons. The van der Waals surface area contributed by atoms with Crippen LogP contribution in [0.4, 0.5) is 10.1 Å². The number of hydrogen-bond acceptors (Lipinski definition) is 6. The Morgan fingerprint density at radius 1 is 1.53 bits per heavy atom. The first-order chi connectivity index (χ1) is 8.74. The van der Waals surface area contributed by atoms with Crippen LogP contribution in [0, 0.1) is 15.9 Å². The number of rotatable bonds is 6. The lowest BCUT2D eigenvalue weighted by atomic mass is 10.3. The van der Waals surface area contributed by atoms with Crippen LogP contribution in [-0.2, 0) is 19.7 Å². The number of carbonyl (C=O) groups excluding carboxylic acids is 1. The molecule has 0 fully saturated rings. The van der Waals surface area contributed by atoms with Crippen molar-refractivity contribution >= 4 is 21.6 Å². The highest BCUT2D eigenvalue weighted by atomic mass is 32.2. The minimum atomic E-state index is -4.26. The third-order valence-corrected chi connectivity index (χ3v) is 3.02. The van der Waals surface area contributed by atoms with Crippen LogP contribution >= 0.6 is 0 Å². The summed E-state index contributed by atoms with van der Waals surface area (Å²) in [6.07, 6.45) is 0. The van der Waals surface area contributed by atoms with Gasteiger partial charge in [0.2, 0.25) is 11.7 Å². The maximum Gasteiger partial charge on any atom is 0.304 e. The van der Waals surface area contributed by atoms with E-state index in [1.807, 2.05) is 0 Å². The number of nitrogens with zero attached hydrogens (tertiary/aromatic N) is 1. The molecule has 0 bridgehead atoms. The summed E-state index contributed by atoms with van der Waals surface area (Å²) >= 11 is 0. The highest BCUT2D eigenvalue weighted by molar-refractivity contribution is 7.89. The van der Waals surface area contributed by atoms with Crippen molar-refractivity contribution in [2.24, 2.45) is 5.73 Å². The fraction of sp³-hybridized carbons (Fsp3) is 0.125. The number of benzene rings is 1. The van der Waals surface area contributed by atoms with E-state index in [-0.39, 0.29) is 0 Å². The second-order valence-corrected chi connectivity index (χ2v) is 4.86. The number of hydrogen-bond donors (Lipinski definition) is 2. The Labute approximate surface area is 106 Å². The number of carbonyl (C=O) groups is 1. The van der Waals surface area contributed by atoms with Gasteiger partial charge in [-0.25, -0.2) is 8.42 Å². The maximum absolute atomic E-state index is 13.2. The van der Waals surface area contributed by atoms with Crippen LogP contribution in [0.1, 0.15) is 0 Å². The van der Waals surface area contributed by atoms with Gasteiger partial charge >= 0.3 is 5.69 Å². The topological polar surface area (TPSA) is 142 Å². The molecule has 0 aliphatic rings. The van der Waals surface area contributed by atoms with Crippen LogP contribution in [0.3, 0.4) is 0 Å². The second-order valence-electron chi connectivity index (χ2n) is 3.21. The van der Waals surface area contributed by atoms with Gasteiger partial charge in [0.1, 0.15) is 6.61 Å². The van der Waals surface area contributed by atoms with E-state index in [4.69, 9.17) is 5.73 Å². The molecule has 0 saturated heterocycles. The molecule has 0 aliphatic heterocycles. The van der Waals surface area contributed by atoms with Gasteiger partial charge in [0.25, 0.3) is 10.0 Å². The fourth-order valence-electron chi connectivity index (χ4n) is 1.03. The minimum absolute atomic E-state index is 0.452. The summed E-state index contributed by atoms with van der Waals surface area (Å²) in [7, 11) is -4.26. The minimum Gasteiger partial charge on any atom is -0.368 e. The van der Waals surface area contributed by atoms with Crippen molar-refractivity contribution in [3.05, 3.63) is 34.1 Å². The molecule has 1 aromatic rings. The van der Waals surface area contributed by atoms with Crippen molar-refractivity contribution in [1.29, 1.82) is 0 Å². The van der Waals surface area contributed by atoms with Gasteiger partial charge in [-0.2, -0.15) is 4.39 Å². The molecule has 104 valence electrons. The van der Waals surface area contributed by atoms with E-state index in [9.17, 15) is 27.7 Å². The summed E-state index contributed by atoms with van der Waals surface area (Å²) in [5, 5.41) is 10.4. The molecule has 0 aromatic heterocycles. The summed E-state index contributed by atoms with van der Waals surface area (Å²) in [4.78, 5) is 24.9. The smallest absolute Gasteiger partial charge is 0.304 e. The van der Waals surface area contributed by atoms with Gasteiger partial charge in [0, 0.05) is 12.1 Å². The Kier molecular flexibility index (Phi) is 4.47. The van der Waals surface area contributed by atoms with Crippen LogP contribution < -0.4 is 10.6 Å². The van der Waals surface area contributed by atoms with E-state index >= 15 is 0 Å². The molecule has 1 aromatic carbocycles. The predicted octanol–water partition coefficient (Wildman–Crippen LogP) is -0.571. The standard InChI is InChI=1S/C8H8FN3O6S/c9-6-3-5(1-2-7(6)12(14)15)19(16,17)11-18-4-8(10)13/h1-3,11H,4H2,(H2,10,13). The van der Waals surface area contributed by atoms with Gasteiger partial charge in [0.15, 0.2) is 0 Å². The lowest BCUT2D eigenvalue weighted by Crippen LogP contribution is -2.29. The zero-order chi connectivity index (χ0) is 14.6. The molecule has 0 heterocycles. The van der Waals surface area contributed by atoms with E-state index in [1.54, 1.807) is 0 Å². The highest BCUT2D eigenvalue weighted by Crippen LogP contribution is 2.20. The molecule has 0 spiro atoms. The summed E-state index contributed by atoms with van der Waals surface area (Å²) in [6, 6.07) is 1.96. The number of sulfonamides is 1. The first-order valence-corrected chi connectivity index (χ1v) is 6.08. The van der Waals surface area contributed by atoms with Gasteiger partial charge < -0.3 is 5.73 Å². The van der Waals surface area contributed by atoms with Crippen LogP contribution in [0.25, 0.3) is 0 Å². The van der Waals surface area contributed by atoms with Crippen LogP contribution in [0.5, 0.6) is 0 Å². The lowest BCUT2D eigenvalue weighted by molar-refractivity contribution is -0.387. The Morgan fingerprint density at radius 2 is 2.16 bits per heavy atom. The molecule has 1 rings (SSSR count). The fourth-order valence-corrected chi connectivity index (χ4v) is 1.85. The summed E-state index contributed by atoms with van der Waals surface area (Å²) in [6.45, 7) is -0.714. The number of amides is 1. The lowest BCUT2D eigenvalue weighted by Gasteiger charge is -2.05. The van der Waals surface area contributed by atoms with Crippen LogP contribution in [0.2, 0.25) is 0 Å². The zero-order valence-electron chi connectivity index (χ0n) is 9.20. The maximum atomic E-state index is 13.2. The van der Waals surface area contributed by atoms with Gasteiger partial charge in [0.05, 0.1) is 9.82 Å². The van der Waals surface area contributed by atoms with Crippen molar-refractivity contribution in [2.45, 2.75) is 4.90 Å². The normalized spacial score (nSPS) is 11.2. The molecule has 0 unspecified atom stereocenters. The Morgan fingerprint density at radius 3 is 2.63 bits per heavy atom. The zero-order valence-corrected chi connectivity index (χ0v) is 10.0. The Bertz CT molecular complexity index is 617. The number of primary amides is 1. The van der Waals surface area contributed by atoms with Crippen LogP contribution in [0.15, 0.2) is 23.1 Å². The number of nitrogens with one attached hydrogen (secondary N) is 1. The van der Waals surface area contributed by atoms with Crippen molar-refractivity contribution in [2.75, 3.05) is 6.61 Å². The number of nitro benzene ring substituents is 1. The summed E-state index contributed by atoms with van der Waals surface area (Å²) in [5.74, 6) is -2.24. The summed E-state index contributed by atoms with van der Waals surface area (Å²) in [5.41, 5.74) is 3.84. The van der Waals surface area contributed by atoms with Crippen LogP contribution in [-0.4, -0.2) is 25.9 Å². The monoisotopic (exact) mass is 293 g/mol. The molecule has 11 heteroatoms. The van der Waals surface area contributed by atoms with E-state index in [0.29, 0.717) is 12.1 Å².